The molecule has 0 radical (unpaired) electrons. The number of rotatable bonds is 10. The SMILES string of the molecule is CC[C@H](C)NC(=O)CN1C(=O)CS[C@H](c2ccc(OC)c(OC)c2)c2c(-c3ccc(Cl)cc3)nn(-c3ccc(OC)cc3)c21. The van der Waals surface area contributed by atoms with Crippen LogP contribution < -0.4 is 24.4 Å². The Morgan fingerprint density at radius 2 is 1.73 bits per heavy atom. The maximum atomic E-state index is 13.9. The van der Waals surface area contributed by atoms with Crippen LogP contribution in [-0.4, -0.2) is 61.3 Å². The number of nitrogens with one attached hydrogen (secondary N) is 1. The molecule has 0 saturated heterocycles. The van der Waals surface area contributed by atoms with Crippen molar-refractivity contribution in [3.63, 3.8) is 0 Å². The van der Waals surface area contributed by atoms with Gasteiger partial charge in [0.2, 0.25) is 11.8 Å². The monoisotopic (exact) mass is 634 g/mol. The molecule has 0 unspecified atom stereocenters. The first kappa shape index (κ1) is 31.3. The molecule has 2 heterocycles. The molecule has 2 atom stereocenters. The molecule has 1 aliphatic rings. The first-order valence-corrected chi connectivity index (χ1v) is 15.7. The van der Waals surface area contributed by atoms with Crippen molar-refractivity contribution >= 4 is 41.0 Å². The molecule has 44 heavy (non-hydrogen) atoms. The number of halogens is 1. The van der Waals surface area contributed by atoms with Gasteiger partial charge in [-0.2, -0.15) is 5.10 Å². The first-order chi connectivity index (χ1) is 21.3. The van der Waals surface area contributed by atoms with Crippen molar-refractivity contribution in [2.45, 2.75) is 31.6 Å². The van der Waals surface area contributed by atoms with Gasteiger partial charge in [0.05, 0.1) is 43.7 Å². The van der Waals surface area contributed by atoms with Crippen molar-refractivity contribution < 1.29 is 23.8 Å². The van der Waals surface area contributed by atoms with Crippen LogP contribution in [0.4, 0.5) is 5.82 Å². The molecule has 4 aromatic rings. The third-order valence-corrected chi connectivity index (χ3v) is 9.06. The largest absolute Gasteiger partial charge is 0.497 e. The van der Waals surface area contributed by atoms with Crippen LogP contribution in [0.5, 0.6) is 17.2 Å². The second-order valence-corrected chi connectivity index (χ2v) is 11.9. The Hall–Kier alpha value is -4.15. The highest BCUT2D eigenvalue weighted by Crippen LogP contribution is 2.49. The smallest absolute Gasteiger partial charge is 0.240 e. The van der Waals surface area contributed by atoms with E-state index in [4.69, 9.17) is 30.9 Å². The Kier molecular flexibility index (Phi) is 9.71. The predicted octanol–water partition coefficient (Wildman–Crippen LogP) is 6.30. The van der Waals surface area contributed by atoms with Crippen molar-refractivity contribution in [3.05, 3.63) is 82.9 Å². The van der Waals surface area contributed by atoms with Gasteiger partial charge in [0.1, 0.15) is 18.1 Å². The van der Waals surface area contributed by atoms with Crippen molar-refractivity contribution in [2.75, 3.05) is 38.5 Å². The van der Waals surface area contributed by atoms with E-state index in [0.717, 1.165) is 23.1 Å². The zero-order valence-electron chi connectivity index (χ0n) is 25.3. The second kappa shape index (κ2) is 13.7. The zero-order valence-corrected chi connectivity index (χ0v) is 26.9. The van der Waals surface area contributed by atoms with Gasteiger partial charge >= 0.3 is 0 Å². The number of hydrogen-bond donors (Lipinski definition) is 1. The van der Waals surface area contributed by atoms with Gasteiger partial charge in [0.25, 0.3) is 0 Å². The van der Waals surface area contributed by atoms with Gasteiger partial charge in [-0.15, -0.1) is 11.8 Å². The summed E-state index contributed by atoms with van der Waals surface area (Å²) in [4.78, 5) is 28.8. The molecule has 0 aliphatic carbocycles. The first-order valence-electron chi connectivity index (χ1n) is 14.2. The minimum absolute atomic E-state index is 0.0333. The van der Waals surface area contributed by atoms with Crippen molar-refractivity contribution in [2.24, 2.45) is 0 Å². The average Bonchev–Trinajstić information content (AvgIpc) is 3.37. The molecule has 230 valence electrons. The average molecular weight is 635 g/mol. The van der Waals surface area contributed by atoms with Crippen LogP contribution in [0.1, 0.15) is 36.6 Å². The van der Waals surface area contributed by atoms with Gasteiger partial charge in [-0.3, -0.25) is 14.5 Å². The summed E-state index contributed by atoms with van der Waals surface area (Å²) in [6.45, 7) is 3.79. The fraction of sp³-hybridized carbons (Fsp3) is 0.303. The van der Waals surface area contributed by atoms with Crippen molar-refractivity contribution in [1.29, 1.82) is 0 Å². The van der Waals surface area contributed by atoms with Gasteiger partial charge in [-0.1, -0.05) is 36.7 Å². The van der Waals surface area contributed by atoms with Crippen LogP contribution in [-0.2, 0) is 9.59 Å². The number of carbonyl (C=O) groups is 2. The van der Waals surface area contributed by atoms with E-state index in [2.05, 4.69) is 5.32 Å². The molecular formula is C33H35ClN4O5S. The van der Waals surface area contributed by atoms with E-state index < -0.39 is 0 Å². The van der Waals surface area contributed by atoms with Crippen LogP contribution in [0.15, 0.2) is 66.7 Å². The molecule has 3 aromatic carbocycles. The number of thioether (sulfide) groups is 1. The molecule has 11 heteroatoms. The minimum atomic E-state index is -0.339. The molecule has 9 nitrogen and oxygen atoms in total. The topological polar surface area (TPSA) is 94.9 Å². The third kappa shape index (κ3) is 6.37. The molecule has 2 amide bonds. The second-order valence-electron chi connectivity index (χ2n) is 10.4. The lowest BCUT2D eigenvalue weighted by Gasteiger charge is -2.24. The van der Waals surface area contributed by atoms with E-state index in [1.165, 1.54) is 11.8 Å². The van der Waals surface area contributed by atoms with E-state index in [9.17, 15) is 9.59 Å². The Labute approximate surface area is 266 Å². The highest BCUT2D eigenvalue weighted by molar-refractivity contribution is 8.00. The predicted molar refractivity (Wildman–Crippen MR) is 175 cm³/mol. The number of hydrogen-bond acceptors (Lipinski definition) is 7. The van der Waals surface area contributed by atoms with Crippen LogP contribution >= 0.6 is 23.4 Å². The number of methoxy groups -OCH3 is 3. The van der Waals surface area contributed by atoms with E-state index in [1.807, 2.05) is 80.6 Å². The normalized spacial score (nSPS) is 15.3. The van der Waals surface area contributed by atoms with E-state index in [-0.39, 0.29) is 35.4 Å². The fourth-order valence-electron chi connectivity index (χ4n) is 5.09. The van der Waals surface area contributed by atoms with Crippen LogP contribution in [0, 0.1) is 0 Å². The molecule has 5 rings (SSSR count). The standard InChI is InChI=1S/C33H35ClN4O5S/c1-6-20(2)35-28(39)18-37-29(40)19-44-32(22-9-16-26(42-4)27(17-22)43-5)30-31(21-7-10-23(34)11-8-21)36-38(33(30)37)24-12-14-25(41-3)15-13-24/h7-17,20,32H,6,18-19H2,1-5H3,(H,35,39)/t20-,32+/m0/s1. The molecule has 0 spiro atoms. The molecule has 1 aromatic heterocycles. The third-order valence-electron chi connectivity index (χ3n) is 7.56. The molecule has 0 fully saturated rings. The summed E-state index contributed by atoms with van der Waals surface area (Å²) in [7, 11) is 4.79. The number of anilines is 1. The molecular weight excluding hydrogens is 600 g/mol. The minimum Gasteiger partial charge on any atom is -0.497 e. The molecule has 0 saturated carbocycles. The van der Waals surface area contributed by atoms with E-state index in [0.29, 0.717) is 39.5 Å². The summed E-state index contributed by atoms with van der Waals surface area (Å²) >= 11 is 7.75. The Bertz CT molecular complexity index is 1640. The summed E-state index contributed by atoms with van der Waals surface area (Å²) in [5, 5.41) is 8.38. The maximum absolute atomic E-state index is 13.9. The molecule has 1 aliphatic heterocycles. The number of nitrogens with zero attached hydrogens (tertiary/aromatic N) is 3. The van der Waals surface area contributed by atoms with Gasteiger partial charge in [0.15, 0.2) is 11.5 Å². The Morgan fingerprint density at radius 1 is 1.02 bits per heavy atom. The Morgan fingerprint density at radius 3 is 2.36 bits per heavy atom. The number of benzene rings is 3. The lowest BCUT2D eigenvalue weighted by atomic mass is 9.99. The fourth-order valence-corrected chi connectivity index (χ4v) is 6.40. The number of ether oxygens (including phenoxy) is 3. The van der Waals surface area contributed by atoms with E-state index >= 15 is 0 Å². The van der Waals surface area contributed by atoms with Crippen LogP contribution in [0.25, 0.3) is 16.9 Å². The highest BCUT2D eigenvalue weighted by Gasteiger charge is 2.38. The number of amides is 2. The lowest BCUT2D eigenvalue weighted by Crippen LogP contribution is -2.44. The van der Waals surface area contributed by atoms with Gasteiger partial charge in [-0.25, -0.2) is 4.68 Å². The summed E-state index contributed by atoms with van der Waals surface area (Å²) in [6.07, 6.45) is 0.770. The number of aromatic nitrogens is 2. The van der Waals surface area contributed by atoms with Gasteiger partial charge in [-0.05, 0) is 67.4 Å². The zero-order chi connectivity index (χ0) is 31.4. The highest BCUT2D eigenvalue weighted by atomic mass is 35.5. The summed E-state index contributed by atoms with van der Waals surface area (Å²) in [6, 6.07) is 20.6. The van der Waals surface area contributed by atoms with Crippen molar-refractivity contribution in [3.8, 4) is 34.2 Å². The number of fused-ring (bicyclic) bond motifs is 1. The van der Waals surface area contributed by atoms with Crippen LogP contribution in [0.2, 0.25) is 5.02 Å². The maximum Gasteiger partial charge on any atom is 0.240 e. The number of carbonyl (C=O) groups excluding carboxylic acids is 2. The van der Waals surface area contributed by atoms with Gasteiger partial charge in [0, 0.05) is 22.2 Å². The lowest BCUT2D eigenvalue weighted by molar-refractivity contribution is -0.123. The molecule has 1 N–H and O–H groups in total. The van der Waals surface area contributed by atoms with E-state index in [1.54, 1.807) is 30.9 Å². The van der Waals surface area contributed by atoms with Crippen LogP contribution in [0.3, 0.4) is 0 Å². The van der Waals surface area contributed by atoms with Gasteiger partial charge < -0.3 is 19.5 Å². The summed E-state index contributed by atoms with van der Waals surface area (Å²) in [5.74, 6) is 2.08. The summed E-state index contributed by atoms with van der Waals surface area (Å²) in [5.41, 5.74) is 3.89. The molecule has 0 bridgehead atoms. The van der Waals surface area contributed by atoms with Crippen molar-refractivity contribution in [1.82, 2.24) is 15.1 Å². The summed E-state index contributed by atoms with van der Waals surface area (Å²) < 4.78 is 18.3. The quantitative estimate of drug-likeness (QED) is 0.219. The Balaban J connectivity index is 1.79.